The summed E-state index contributed by atoms with van der Waals surface area (Å²) >= 11 is 0. The van der Waals surface area contributed by atoms with E-state index < -0.39 is 62.3 Å². The van der Waals surface area contributed by atoms with Gasteiger partial charge in [-0.25, -0.2) is 18.2 Å². The van der Waals surface area contributed by atoms with Crippen LogP contribution in [0.25, 0.3) is 11.4 Å². The van der Waals surface area contributed by atoms with Gasteiger partial charge >= 0.3 is 6.09 Å². The monoisotopic (exact) mass is 650 g/mol. The van der Waals surface area contributed by atoms with Gasteiger partial charge in [-0.15, -0.1) is 10.2 Å². The lowest BCUT2D eigenvalue weighted by Crippen LogP contribution is -2.46. The van der Waals surface area contributed by atoms with Crippen LogP contribution in [0.4, 0.5) is 10.5 Å². The molecule has 2 heterocycles. The highest BCUT2D eigenvalue weighted by Crippen LogP contribution is 2.28. The van der Waals surface area contributed by atoms with Gasteiger partial charge in [0.05, 0.1) is 12.2 Å². The zero-order valence-corrected chi connectivity index (χ0v) is 26.7. The largest absolute Gasteiger partial charge is 0.444 e. The molecular formula is C31H34N6O8S. The van der Waals surface area contributed by atoms with Gasteiger partial charge in [0.25, 0.3) is 11.4 Å². The van der Waals surface area contributed by atoms with E-state index in [1.54, 1.807) is 68.4 Å². The van der Waals surface area contributed by atoms with Gasteiger partial charge in [0.1, 0.15) is 29.4 Å². The summed E-state index contributed by atoms with van der Waals surface area (Å²) in [5.74, 6) is -2.55. The average Bonchev–Trinajstić information content (AvgIpc) is 3.52. The van der Waals surface area contributed by atoms with Gasteiger partial charge in [-0.1, -0.05) is 74.5 Å². The van der Waals surface area contributed by atoms with Crippen molar-refractivity contribution in [3.63, 3.8) is 0 Å². The fraction of sp³-hybridized carbons (Fsp3) is 0.323. The number of hydrogen-bond donors (Lipinski definition) is 2. The van der Waals surface area contributed by atoms with Crippen molar-refractivity contribution in [2.45, 2.75) is 51.6 Å². The van der Waals surface area contributed by atoms with Crippen LogP contribution in [0.1, 0.15) is 49.8 Å². The van der Waals surface area contributed by atoms with Crippen molar-refractivity contribution in [1.29, 1.82) is 0 Å². The molecule has 0 aliphatic heterocycles. The van der Waals surface area contributed by atoms with Crippen LogP contribution in [-0.4, -0.2) is 58.2 Å². The predicted molar refractivity (Wildman–Crippen MR) is 167 cm³/mol. The van der Waals surface area contributed by atoms with E-state index in [-0.39, 0.29) is 24.0 Å². The molecule has 2 N–H and O–H groups in total. The topological polar surface area (TPSA) is 192 Å². The zero-order valence-electron chi connectivity index (χ0n) is 25.9. The van der Waals surface area contributed by atoms with Gasteiger partial charge in [0.2, 0.25) is 17.6 Å². The Kier molecular flexibility index (Phi) is 10.2. The maximum Gasteiger partial charge on any atom is 0.412 e. The van der Waals surface area contributed by atoms with Crippen LogP contribution in [0.3, 0.4) is 0 Å². The third-order valence-electron chi connectivity index (χ3n) is 7.17. The molecule has 0 saturated heterocycles. The molecule has 1 atom stereocenters. The minimum atomic E-state index is -3.67. The number of carbonyl (C=O) groups is 3. The molecule has 2 aromatic heterocycles. The molecule has 242 valence electrons. The van der Waals surface area contributed by atoms with Crippen molar-refractivity contribution < 1.29 is 32.0 Å². The number of rotatable bonds is 12. The Labute approximate surface area is 265 Å². The Balaban J connectivity index is 1.57. The molecule has 0 bridgehead atoms. The number of benzene rings is 2. The fourth-order valence-electron chi connectivity index (χ4n) is 4.17. The van der Waals surface area contributed by atoms with Crippen LogP contribution in [0, 0.1) is 5.92 Å². The minimum absolute atomic E-state index is 0.0310. The number of anilines is 1. The molecule has 2 amide bonds. The first-order chi connectivity index (χ1) is 21.7. The number of Topliss-reactive ketones (excluding diaryl/α,β-unsaturated/α-hetero) is 1. The van der Waals surface area contributed by atoms with Crippen molar-refractivity contribution >= 4 is 33.3 Å². The van der Waals surface area contributed by atoms with Crippen LogP contribution in [0.5, 0.6) is 0 Å². The van der Waals surface area contributed by atoms with E-state index in [0.29, 0.717) is 5.56 Å². The van der Waals surface area contributed by atoms with Crippen LogP contribution in [-0.2, 0) is 37.3 Å². The highest BCUT2D eigenvalue weighted by atomic mass is 32.2. The summed E-state index contributed by atoms with van der Waals surface area (Å²) in [5.41, 5.74) is 0.301. The number of carbonyl (C=O) groups excluding carboxylic acids is 3. The van der Waals surface area contributed by atoms with Gasteiger partial charge < -0.3 is 14.5 Å². The average molecular weight is 651 g/mol. The Morgan fingerprint density at radius 1 is 1.00 bits per heavy atom. The zero-order chi connectivity index (χ0) is 33.6. The first-order valence-corrected chi connectivity index (χ1v) is 16.1. The second kappa shape index (κ2) is 13.9. The predicted octanol–water partition coefficient (Wildman–Crippen LogP) is 3.35. The molecule has 14 nitrogen and oxygen atoms in total. The molecule has 4 aromatic rings. The summed E-state index contributed by atoms with van der Waals surface area (Å²) in [6.07, 6.45) is 1.29. The van der Waals surface area contributed by atoms with Crippen molar-refractivity contribution in [2.24, 2.45) is 5.92 Å². The summed E-state index contributed by atoms with van der Waals surface area (Å²) in [5, 5.41) is 12.5. The minimum Gasteiger partial charge on any atom is -0.444 e. The van der Waals surface area contributed by atoms with Gasteiger partial charge in [-0.2, -0.15) is 0 Å². The quantitative estimate of drug-likeness (QED) is 0.214. The standard InChI is InChI=1S/C31H34N6O8S/c1-19(2)24(25(39)27-35-36-29(45-27)31(3,4)46(5,42)43)34-23(38)17-37-26(21-14-10-7-11-15-21)32-16-22(28(37)40)33-30(41)44-18-20-12-8-6-9-13-20/h6-16,19,24H,17-18H2,1-5H3,(H,33,41)(H,34,38). The van der Waals surface area contributed by atoms with Crippen LogP contribution in [0.2, 0.25) is 0 Å². The maximum absolute atomic E-state index is 13.6. The number of aromatic nitrogens is 4. The first kappa shape index (κ1) is 33.7. The number of hydrogen-bond acceptors (Lipinski definition) is 11. The van der Waals surface area contributed by atoms with Crippen molar-refractivity contribution in [3.8, 4) is 11.4 Å². The molecule has 4 rings (SSSR count). The number of sulfone groups is 1. The molecule has 15 heteroatoms. The summed E-state index contributed by atoms with van der Waals surface area (Å²) in [6.45, 7) is 5.49. The molecule has 2 aromatic carbocycles. The van der Waals surface area contributed by atoms with Crippen LogP contribution < -0.4 is 16.2 Å². The molecule has 0 aliphatic carbocycles. The highest BCUT2D eigenvalue weighted by Gasteiger charge is 2.39. The second-order valence-electron chi connectivity index (χ2n) is 11.3. The van der Waals surface area contributed by atoms with E-state index >= 15 is 0 Å². The molecule has 0 fully saturated rings. The number of ketones is 1. The van der Waals surface area contributed by atoms with Crippen LogP contribution in [0.15, 0.2) is 76.1 Å². The Morgan fingerprint density at radius 2 is 1.63 bits per heavy atom. The van der Waals surface area contributed by atoms with Gasteiger partial charge in [-0.05, 0) is 25.3 Å². The van der Waals surface area contributed by atoms with Gasteiger partial charge in [0.15, 0.2) is 9.84 Å². The summed E-state index contributed by atoms with van der Waals surface area (Å²) < 4.78 is 34.6. The lowest BCUT2D eigenvalue weighted by atomic mass is 9.99. The van der Waals surface area contributed by atoms with Crippen LogP contribution >= 0.6 is 0 Å². The molecule has 0 radical (unpaired) electrons. The van der Waals surface area contributed by atoms with E-state index in [9.17, 15) is 27.6 Å². The number of nitrogens with one attached hydrogen (secondary N) is 2. The third kappa shape index (κ3) is 7.72. The van der Waals surface area contributed by atoms with Gasteiger partial charge in [0, 0.05) is 11.8 Å². The molecular weight excluding hydrogens is 616 g/mol. The fourth-order valence-corrected chi connectivity index (χ4v) is 4.57. The van der Waals surface area contributed by atoms with Crippen molar-refractivity contribution in [1.82, 2.24) is 25.1 Å². The van der Waals surface area contributed by atoms with Gasteiger partial charge in [-0.3, -0.25) is 24.3 Å². The maximum atomic E-state index is 13.6. The number of amides is 2. The third-order valence-corrected chi connectivity index (χ3v) is 9.20. The second-order valence-corrected chi connectivity index (χ2v) is 13.9. The molecule has 46 heavy (non-hydrogen) atoms. The van der Waals surface area contributed by atoms with Crippen molar-refractivity contribution in [3.05, 3.63) is 94.6 Å². The smallest absolute Gasteiger partial charge is 0.412 e. The highest BCUT2D eigenvalue weighted by molar-refractivity contribution is 7.91. The molecule has 1 unspecified atom stereocenters. The summed E-state index contributed by atoms with van der Waals surface area (Å²) in [4.78, 5) is 57.2. The van der Waals surface area contributed by atoms with Crippen molar-refractivity contribution in [2.75, 3.05) is 11.6 Å². The number of nitrogens with zero attached hydrogens (tertiary/aromatic N) is 4. The van der Waals surface area contributed by atoms with E-state index in [0.717, 1.165) is 16.4 Å². The number of ether oxygens (including phenoxy) is 1. The summed E-state index contributed by atoms with van der Waals surface area (Å²) in [6, 6.07) is 16.4. The lowest BCUT2D eigenvalue weighted by Gasteiger charge is -2.21. The Bertz CT molecular complexity index is 1890. The van der Waals surface area contributed by atoms with E-state index in [1.165, 1.54) is 20.0 Å². The van der Waals surface area contributed by atoms with E-state index in [4.69, 9.17) is 9.15 Å². The first-order valence-electron chi connectivity index (χ1n) is 14.2. The lowest BCUT2D eigenvalue weighted by molar-refractivity contribution is -0.122. The molecule has 0 saturated carbocycles. The SMILES string of the molecule is CC(C)C(NC(=O)Cn1c(-c2ccccc2)ncc(NC(=O)OCc2ccccc2)c1=O)C(=O)c1nnc(C(C)(C)S(C)(=O)=O)o1. The Morgan fingerprint density at radius 3 is 2.24 bits per heavy atom. The Hall–Kier alpha value is -5.18. The summed E-state index contributed by atoms with van der Waals surface area (Å²) in [7, 11) is -3.67. The van der Waals surface area contributed by atoms with E-state index in [1.807, 2.05) is 6.07 Å². The normalized spacial score (nSPS) is 12.4. The molecule has 0 spiro atoms. The van der Waals surface area contributed by atoms with E-state index in [2.05, 4.69) is 25.8 Å². The molecule has 0 aliphatic rings.